The van der Waals surface area contributed by atoms with Crippen molar-refractivity contribution in [3.05, 3.63) is 30.1 Å². The number of halogens is 1. The van der Waals surface area contributed by atoms with Crippen LogP contribution in [-0.2, 0) is 4.79 Å². The number of anilines is 1. The van der Waals surface area contributed by atoms with Crippen LogP contribution < -0.4 is 4.90 Å². The fraction of sp³-hybridized carbons (Fsp3) is 0.500. The number of benzene rings is 1. The molecule has 0 atom stereocenters. The highest BCUT2D eigenvalue weighted by atomic mass is 19.1. The van der Waals surface area contributed by atoms with Crippen LogP contribution in [-0.4, -0.2) is 24.7 Å². The highest BCUT2D eigenvalue weighted by Gasteiger charge is 2.42. The molecule has 2 rings (SSSR count). The average molecular weight is 251 g/mol. The van der Waals surface area contributed by atoms with Gasteiger partial charge < -0.3 is 10.0 Å². The molecule has 0 aromatic heterocycles. The molecule has 0 spiro atoms. The van der Waals surface area contributed by atoms with E-state index in [1.807, 2.05) is 0 Å². The van der Waals surface area contributed by atoms with Crippen molar-refractivity contribution >= 4 is 11.7 Å². The van der Waals surface area contributed by atoms with E-state index in [1.165, 1.54) is 6.07 Å². The molecule has 18 heavy (non-hydrogen) atoms. The Morgan fingerprint density at radius 3 is 2.56 bits per heavy atom. The van der Waals surface area contributed by atoms with Gasteiger partial charge in [0.25, 0.3) is 0 Å². The van der Waals surface area contributed by atoms with E-state index in [2.05, 4.69) is 0 Å². The van der Waals surface area contributed by atoms with Crippen LogP contribution in [0.5, 0.6) is 0 Å². The van der Waals surface area contributed by atoms with E-state index in [4.69, 9.17) is 0 Å². The highest BCUT2D eigenvalue weighted by Crippen LogP contribution is 2.39. The number of para-hydroxylation sites is 1. The fourth-order valence-electron chi connectivity index (χ4n) is 2.79. The lowest BCUT2D eigenvalue weighted by Gasteiger charge is -2.31. The number of carboxylic acids is 1. The Labute approximate surface area is 106 Å². The van der Waals surface area contributed by atoms with Gasteiger partial charge in [0.2, 0.25) is 0 Å². The van der Waals surface area contributed by atoms with Crippen molar-refractivity contribution in [1.82, 2.24) is 0 Å². The van der Waals surface area contributed by atoms with Gasteiger partial charge >= 0.3 is 5.97 Å². The van der Waals surface area contributed by atoms with Crippen LogP contribution in [0.1, 0.15) is 25.7 Å². The van der Waals surface area contributed by atoms with Gasteiger partial charge in [-0.2, -0.15) is 0 Å². The monoisotopic (exact) mass is 251 g/mol. The Kier molecular flexibility index (Phi) is 3.55. The summed E-state index contributed by atoms with van der Waals surface area (Å²) in [7, 11) is 1.75. The van der Waals surface area contributed by atoms with E-state index >= 15 is 0 Å². The Morgan fingerprint density at radius 1 is 1.39 bits per heavy atom. The summed E-state index contributed by atoms with van der Waals surface area (Å²) in [5.74, 6) is -1.07. The van der Waals surface area contributed by atoms with E-state index in [9.17, 15) is 14.3 Å². The van der Waals surface area contributed by atoms with Crippen LogP contribution in [0.3, 0.4) is 0 Å². The molecule has 3 nitrogen and oxygen atoms in total. The minimum atomic E-state index is -0.761. The van der Waals surface area contributed by atoms with Gasteiger partial charge in [0.15, 0.2) is 0 Å². The van der Waals surface area contributed by atoms with Crippen molar-refractivity contribution in [2.45, 2.75) is 25.7 Å². The molecular weight excluding hydrogens is 233 g/mol. The molecule has 0 amide bonds. The molecule has 1 N–H and O–H groups in total. The number of hydrogen-bond acceptors (Lipinski definition) is 2. The standard InChI is InChI=1S/C14H18FNO2/c1-16(12-7-3-2-6-11(12)15)10-14(13(17)18)8-4-5-9-14/h2-3,6-7H,4-5,8-10H2,1H3,(H,17,18). The first-order chi connectivity index (χ1) is 8.55. The molecule has 0 heterocycles. The summed E-state index contributed by atoms with van der Waals surface area (Å²) in [6.45, 7) is 0.364. The minimum absolute atomic E-state index is 0.307. The van der Waals surface area contributed by atoms with E-state index in [0.29, 0.717) is 25.1 Å². The van der Waals surface area contributed by atoms with Gasteiger partial charge in [-0.3, -0.25) is 4.79 Å². The van der Waals surface area contributed by atoms with Crippen molar-refractivity contribution in [3.8, 4) is 0 Å². The highest BCUT2D eigenvalue weighted by molar-refractivity contribution is 5.76. The fourth-order valence-corrected chi connectivity index (χ4v) is 2.79. The topological polar surface area (TPSA) is 40.5 Å². The first-order valence-corrected chi connectivity index (χ1v) is 6.24. The normalized spacial score (nSPS) is 17.7. The summed E-state index contributed by atoms with van der Waals surface area (Å²) in [5.41, 5.74) is -0.248. The smallest absolute Gasteiger partial charge is 0.311 e. The van der Waals surface area contributed by atoms with Crippen molar-refractivity contribution in [2.75, 3.05) is 18.5 Å². The molecule has 1 aromatic carbocycles. The number of hydrogen-bond donors (Lipinski definition) is 1. The second kappa shape index (κ2) is 4.96. The second-order valence-corrected chi connectivity index (χ2v) is 5.10. The van der Waals surface area contributed by atoms with E-state index in [-0.39, 0.29) is 5.82 Å². The first-order valence-electron chi connectivity index (χ1n) is 6.24. The molecule has 0 saturated heterocycles. The molecule has 1 aliphatic carbocycles. The molecule has 1 fully saturated rings. The van der Waals surface area contributed by atoms with Gasteiger partial charge in [-0.05, 0) is 25.0 Å². The molecule has 1 saturated carbocycles. The van der Waals surface area contributed by atoms with E-state index in [0.717, 1.165) is 12.8 Å². The van der Waals surface area contributed by atoms with Gasteiger partial charge in [0.05, 0.1) is 11.1 Å². The minimum Gasteiger partial charge on any atom is -0.481 e. The predicted octanol–water partition coefficient (Wildman–Crippen LogP) is 2.91. The second-order valence-electron chi connectivity index (χ2n) is 5.10. The number of carbonyl (C=O) groups is 1. The van der Waals surface area contributed by atoms with Gasteiger partial charge in [0, 0.05) is 13.6 Å². The summed E-state index contributed by atoms with van der Waals surface area (Å²) in [6, 6.07) is 6.47. The van der Waals surface area contributed by atoms with Crippen LogP contribution in [0.25, 0.3) is 0 Å². The lowest BCUT2D eigenvalue weighted by molar-refractivity contribution is -0.148. The zero-order chi connectivity index (χ0) is 13.2. The number of carboxylic acid groups (broad SMARTS) is 1. The largest absolute Gasteiger partial charge is 0.481 e. The third kappa shape index (κ3) is 2.33. The lowest BCUT2D eigenvalue weighted by Crippen LogP contribution is -2.40. The summed E-state index contributed by atoms with van der Waals surface area (Å²) in [6.07, 6.45) is 3.25. The van der Waals surface area contributed by atoms with Gasteiger partial charge in [0.1, 0.15) is 5.82 Å². The Balaban J connectivity index is 2.18. The van der Waals surface area contributed by atoms with Crippen molar-refractivity contribution in [1.29, 1.82) is 0 Å². The Hall–Kier alpha value is -1.58. The molecule has 4 heteroatoms. The van der Waals surface area contributed by atoms with E-state index < -0.39 is 11.4 Å². The third-order valence-corrected chi connectivity index (χ3v) is 3.82. The van der Waals surface area contributed by atoms with Crippen LogP contribution in [0.2, 0.25) is 0 Å². The SMILES string of the molecule is CN(CC1(C(=O)O)CCCC1)c1ccccc1F. The van der Waals surface area contributed by atoms with Gasteiger partial charge in [-0.15, -0.1) is 0 Å². The first kappa shape index (κ1) is 12.9. The molecule has 0 aliphatic heterocycles. The molecule has 1 aliphatic rings. The molecule has 0 unspecified atom stereocenters. The zero-order valence-corrected chi connectivity index (χ0v) is 10.5. The van der Waals surface area contributed by atoms with Crippen molar-refractivity contribution in [3.63, 3.8) is 0 Å². The zero-order valence-electron chi connectivity index (χ0n) is 10.5. The number of aliphatic carboxylic acids is 1. The predicted molar refractivity (Wildman–Crippen MR) is 68.2 cm³/mol. The number of nitrogens with zero attached hydrogens (tertiary/aromatic N) is 1. The average Bonchev–Trinajstić information content (AvgIpc) is 2.79. The molecule has 0 bridgehead atoms. The van der Waals surface area contributed by atoms with Gasteiger partial charge in [-0.25, -0.2) is 4.39 Å². The third-order valence-electron chi connectivity index (χ3n) is 3.82. The van der Waals surface area contributed by atoms with Crippen LogP contribution in [0, 0.1) is 11.2 Å². The Morgan fingerprint density at radius 2 is 2.00 bits per heavy atom. The maximum Gasteiger partial charge on any atom is 0.311 e. The Bertz CT molecular complexity index is 441. The summed E-state index contributed by atoms with van der Waals surface area (Å²) < 4.78 is 13.7. The molecule has 1 aromatic rings. The number of rotatable bonds is 4. The molecule has 98 valence electrons. The van der Waals surface area contributed by atoms with Crippen LogP contribution >= 0.6 is 0 Å². The molecule has 0 radical (unpaired) electrons. The van der Waals surface area contributed by atoms with Crippen molar-refractivity contribution in [2.24, 2.45) is 5.41 Å². The van der Waals surface area contributed by atoms with Crippen LogP contribution in [0.4, 0.5) is 10.1 Å². The maximum atomic E-state index is 13.7. The molecular formula is C14H18FNO2. The quantitative estimate of drug-likeness (QED) is 0.894. The van der Waals surface area contributed by atoms with Gasteiger partial charge in [-0.1, -0.05) is 25.0 Å². The summed E-state index contributed by atoms with van der Waals surface area (Å²) in [5, 5.41) is 9.41. The maximum absolute atomic E-state index is 13.7. The van der Waals surface area contributed by atoms with Crippen molar-refractivity contribution < 1.29 is 14.3 Å². The lowest BCUT2D eigenvalue weighted by atomic mass is 9.85. The summed E-state index contributed by atoms with van der Waals surface area (Å²) in [4.78, 5) is 13.2. The summed E-state index contributed by atoms with van der Waals surface area (Å²) >= 11 is 0. The van der Waals surface area contributed by atoms with E-state index in [1.54, 1.807) is 30.1 Å². The van der Waals surface area contributed by atoms with Crippen LogP contribution in [0.15, 0.2) is 24.3 Å².